The third-order valence-electron chi connectivity index (χ3n) is 2.69. The van der Waals surface area contributed by atoms with E-state index in [1.807, 2.05) is 0 Å². The van der Waals surface area contributed by atoms with Gasteiger partial charge in [-0.2, -0.15) is 0 Å². The van der Waals surface area contributed by atoms with Gasteiger partial charge < -0.3 is 9.84 Å². The second-order valence-electron chi connectivity index (χ2n) is 3.80. The average molecular weight is 232 g/mol. The van der Waals surface area contributed by atoms with Crippen LogP contribution < -0.4 is 4.74 Å². The Morgan fingerprint density at radius 3 is 2.71 bits per heavy atom. The van der Waals surface area contributed by atoms with Crippen molar-refractivity contribution >= 4 is 17.1 Å². The largest absolute Gasteiger partial charge is 0.496 e. The number of methoxy groups -OCH3 is 1. The summed E-state index contributed by atoms with van der Waals surface area (Å²) >= 11 is 0. The van der Waals surface area contributed by atoms with Gasteiger partial charge in [-0.15, -0.1) is 0 Å². The molecule has 4 heteroatoms. The van der Waals surface area contributed by atoms with Crippen LogP contribution in [-0.2, 0) is 9.59 Å². The van der Waals surface area contributed by atoms with Crippen LogP contribution in [0.1, 0.15) is 12.0 Å². The minimum absolute atomic E-state index is 0.164. The number of rotatable bonds is 2. The monoisotopic (exact) mass is 232 g/mol. The predicted molar refractivity (Wildman–Crippen MR) is 61.6 cm³/mol. The van der Waals surface area contributed by atoms with Gasteiger partial charge in [0.1, 0.15) is 11.9 Å². The van der Waals surface area contributed by atoms with E-state index in [-0.39, 0.29) is 12.2 Å². The van der Waals surface area contributed by atoms with Gasteiger partial charge in [-0.25, -0.2) is 0 Å². The Bertz CT molecular complexity index is 502. The van der Waals surface area contributed by atoms with Crippen LogP contribution in [0.5, 0.6) is 5.75 Å². The maximum Gasteiger partial charge on any atom is 0.185 e. The number of aliphatic hydroxyl groups excluding tert-OH is 1. The SMILES string of the molecule is COc1ccccc1C1=CC(=O)[C@H](O)CC1=O. The zero-order chi connectivity index (χ0) is 12.4. The quantitative estimate of drug-likeness (QED) is 0.825. The number of hydrogen-bond donors (Lipinski definition) is 1. The second-order valence-corrected chi connectivity index (χ2v) is 3.80. The van der Waals surface area contributed by atoms with Crippen molar-refractivity contribution in [2.75, 3.05) is 7.11 Å². The Hall–Kier alpha value is -1.94. The summed E-state index contributed by atoms with van der Waals surface area (Å²) in [5.41, 5.74) is 0.887. The molecule has 88 valence electrons. The fourth-order valence-electron chi connectivity index (χ4n) is 1.80. The van der Waals surface area contributed by atoms with Crippen molar-refractivity contribution in [1.82, 2.24) is 0 Å². The molecule has 4 nitrogen and oxygen atoms in total. The van der Waals surface area contributed by atoms with Crippen molar-refractivity contribution < 1.29 is 19.4 Å². The summed E-state index contributed by atoms with van der Waals surface area (Å²) in [4.78, 5) is 23.2. The number of carbonyl (C=O) groups excluding carboxylic acids is 2. The topological polar surface area (TPSA) is 63.6 Å². The zero-order valence-electron chi connectivity index (χ0n) is 9.34. The molecule has 0 aromatic heterocycles. The lowest BCUT2D eigenvalue weighted by Crippen LogP contribution is -2.27. The molecule has 0 aliphatic heterocycles. The molecule has 1 N–H and O–H groups in total. The van der Waals surface area contributed by atoms with Crippen LogP contribution in [0.25, 0.3) is 5.57 Å². The number of Topliss-reactive ketones (excluding diaryl/α,β-unsaturated/α-hetero) is 1. The van der Waals surface area contributed by atoms with E-state index in [9.17, 15) is 14.7 Å². The van der Waals surface area contributed by atoms with Gasteiger partial charge in [0.15, 0.2) is 11.6 Å². The van der Waals surface area contributed by atoms with Crippen molar-refractivity contribution in [1.29, 1.82) is 0 Å². The lowest BCUT2D eigenvalue weighted by molar-refractivity contribution is -0.128. The molecule has 0 radical (unpaired) electrons. The number of hydrogen-bond acceptors (Lipinski definition) is 4. The molecule has 0 unspecified atom stereocenters. The van der Waals surface area contributed by atoms with E-state index in [1.54, 1.807) is 24.3 Å². The molecule has 0 spiro atoms. The summed E-state index contributed by atoms with van der Waals surface area (Å²) in [6.45, 7) is 0. The molecule has 0 heterocycles. The zero-order valence-corrected chi connectivity index (χ0v) is 9.34. The second kappa shape index (κ2) is 4.51. The van der Waals surface area contributed by atoms with Crippen molar-refractivity contribution in [3.63, 3.8) is 0 Å². The number of ketones is 2. The Kier molecular flexibility index (Phi) is 3.06. The molecule has 0 saturated carbocycles. The molecule has 0 amide bonds. The summed E-state index contributed by atoms with van der Waals surface area (Å²) in [5.74, 6) is -0.150. The number of carbonyl (C=O) groups is 2. The van der Waals surface area contributed by atoms with Gasteiger partial charge in [0.2, 0.25) is 0 Å². The van der Waals surface area contributed by atoms with Gasteiger partial charge in [0.25, 0.3) is 0 Å². The smallest absolute Gasteiger partial charge is 0.185 e. The molecule has 1 aliphatic carbocycles. The first-order chi connectivity index (χ1) is 8.13. The van der Waals surface area contributed by atoms with E-state index in [1.165, 1.54) is 13.2 Å². The number of para-hydroxylation sites is 1. The molecule has 1 aromatic rings. The summed E-state index contributed by atoms with van der Waals surface area (Å²) in [7, 11) is 1.50. The third-order valence-corrected chi connectivity index (χ3v) is 2.69. The Labute approximate surface area is 98.5 Å². The molecule has 2 rings (SSSR count). The van der Waals surface area contributed by atoms with Crippen molar-refractivity contribution in [2.24, 2.45) is 0 Å². The van der Waals surface area contributed by atoms with Crippen LogP contribution in [0.4, 0.5) is 0 Å². The molecule has 0 saturated heterocycles. The Morgan fingerprint density at radius 1 is 1.29 bits per heavy atom. The molecule has 1 aliphatic rings. The van der Waals surface area contributed by atoms with Gasteiger partial charge in [0, 0.05) is 17.6 Å². The van der Waals surface area contributed by atoms with E-state index in [4.69, 9.17) is 4.74 Å². The van der Waals surface area contributed by atoms with Crippen LogP contribution in [0.15, 0.2) is 30.3 Å². The standard InChI is InChI=1S/C13H12O4/c1-17-13-5-3-2-4-8(13)9-6-11(15)12(16)7-10(9)14/h2-6,12,16H,7H2,1H3/t12-/m1/s1. The summed E-state index contributed by atoms with van der Waals surface area (Å²) in [5, 5.41) is 9.29. The maximum atomic E-state index is 11.8. The highest BCUT2D eigenvalue weighted by atomic mass is 16.5. The van der Waals surface area contributed by atoms with Gasteiger partial charge in [-0.3, -0.25) is 9.59 Å². The summed E-state index contributed by atoms with van der Waals surface area (Å²) < 4.78 is 5.14. The number of benzene rings is 1. The highest BCUT2D eigenvalue weighted by Gasteiger charge is 2.28. The van der Waals surface area contributed by atoms with Crippen LogP contribution in [0.3, 0.4) is 0 Å². The third kappa shape index (κ3) is 2.12. The first-order valence-corrected chi connectivity index (χ1v) is 5.23. The molecule has 0 fully saturated rings. The molecule has 1 aromatic carbocycles. The first-order valence-electron chi connectivity index (χ1n) is 5.23. The number of allylic oxidation sites excluding steroid dienone is 1. The van der Waals surface area contributed by atoms with Crippen molar-refractivity contribution in [2.45, 2.75) is 12.5 Å². The fraction of sp³-hybridized carbons (Fsp3) is 0.231. The summed E-state index contributed by atoms with van der Waals surface area (Å²) in [6, 6.07) is 6.99. The minimum atomic E-state index is -1.21. The number of ether oxygens (including phenoxy) is 1. The Balaban J connectivity index is 2.49. The van der Waals surface area contributed by atoms with E-state index in [0.29, 0.717) is 16.9 Å². The molecule has 17 heavy (non-hydrogen) atoms. The fourth-order valence-corrected chi connectivity index (χ4v) is 1.80. The predicted octanol–water partition coefficient (Wildman–Crippen LogP) is 0.981. The lowest BCUT2D eigenvalue weighted by Gasteiger charge is -2.17. The highest BCUT2D eigenvalue weighted by Crippen LogP contribution is 2.29. The van der Waals surface area contributed by atoms with Crippen LogP contribution in [0.2, 0.25) is 0 Å². The van der Waals surface area contributed by atoms with E-state index < -0.39 is 11.9 Å². The molecular weight excluding hydrogens is 220 g/mol. The molecular formula is C13H12O4. The normalized spacial score (nSPS) is 20.1. The van der Waals surface area contributed by atoms with Crippen molar-refractivity contribution in [3.05, 3.63) is 35.9 Å². The maximum absolute atomic E-state index is 11.8. The van der Waals surface area contributed by atoms with Gasteiger partial charge >= 0.3 is 0 Å². The van der Waals surface area contributed by atoms with E-state index in [0.717, 1.165) is 0 Å². The summed E-state index contributed by atoms with van der Waals surface area (Å²) in [6.07, 6.45) is -0.183. The molecule has 1 atom stereocenters. The highest BCUT2D eigenvalue weighted by molar-refractivity contribution is 6.29. The Morgan fingerprint density at radius 2 is 2.00 bits per heavy atom. The molecule has 0 bridgehead atoms. The number of aliphatic hydroxyl groups is 1. The van der Waals surface area contributed by atoms with Crippen molar-refractivity contribution in [3.8, 4) is 5.75 Å². The first kappa shape index (κ1) is 11.5. The van der Waals surface area contributed by atoms with Gasteiger partial charge in [0.05, 0.1) is 7.11 Å². The van der Waals surface area contributed by atoms with E-state index in [2.05, 4.69) is 0 Å². The van der Waals surface area contributed by atoms with Crippen LogP contribution in [0, 0.1) is 0 Å². The lowest BCUT2D eigenvalue weighted by atomic mass is 9.90. The van der Waals surface area contributed by atoms with Gasteiger partial charge in [-0.1, -0.05) is 18.2 Å². The van der Waals surface area contributed by atoms with Crippen LogP contribution in [-0.4, -0.2) is 29.9 Å². The van der Waals surface area contributed by atoms with E-state index >= 15 is 0 Å². The van der Waals surface area contributed by atoms with Gasteiger partial charge in [-0.05, 0) is 12.1 Å². The minimum Gasteiger partial charge on any atom is -0.496 e. The average Bonchev–Trinajstić information content (AvgIpc) is 2.34. The van der Waals surface area contributed by atoms with Crippen LogP contribution >= 0.6 is 0 Å².